The Morgan fingerprint density at radius 1 is 1.32 bits per heavy atom. The minimum absolute atomic E-state index is 0.676. The minimum atomic E-state index is 0.676. The van der Waals surface area contributed by atoms with E-state index >= 15 is 0 Å². The van der Waals surface area contributed by atoms with Crippen molar-refractivity contribution in [3.63, 3.8) is 0 Å². The van der Waals surface area contributed by atoms with Crippen LogP contribution in [-0.4, -0.2) is 37.2 Å². The summed E-state index contributed by atoms with van der Waals surface area (Å²) in [6.07, 6.45) is 0. The van der Waals surface area contributed by atoms with Crippen molar-refractivity contribution < 1.29 is 4.74 Å². The second-order valence-electron chi connectivity index (χ2n) is 5.79. The maximum atomic E-state index is 5.74. The van der Waals surface area contributed by atoms with Gasteiger partial charge in [0.2, 0.25) is 0 Å². The van der Waals surface area contributed by atoms with Crippen LogP contribution in [0.5, 0.6) is 5.75 Å². The van der Waals surface area contributed by atoms with E-state index in [0.717, 1.165) is 30.7 Å². The van der Waals surface area contributed by atoms with Gasteiger partial charge in [-0.05, 0) is 44.8 Å². The fourth-order valence-electron chi connectivity index (χ4n) is 3.61. The lowest BCUT2D eigenvalue weighted by Gasteiger charge is -2.25. The zero-order valence-electron chi connectivity index (χ0n) is 11.9. The Kier molecular flexibility index (Phi) is 3.76. The highest BCUT2D eigenvalue weighted by Crippen LogP contribution is 2.34. The zero-order chi connectivity index (χ0) is 13.2. The third kappa shape index (κ3) is 2.49. The minimum Gasteiger partial charge on any atom is -0.494 e. The van der Waals surface area contributed by atoms with Crippen LogP contribution in [0.2, 0.25) is 0 Å². The number of fused-ring (bicyclic) bond motifs is 1. The molecule has 0 aromatic heterocycles. The first-order valence-corrected chi connectivity index (χ1v) is 7.45. The molecule has 2 aliphatic heterocycles. The van der Waals surface area contributed by atoms with Crippen LogP contribution >= 0.6 is 0 Å². The van der Waals surface area contributed by atoms with Gasteiger partial charge in [0.05, 0.1) is 6.61 Å². The average Bonchev–Trinajstić information content (AvgIpc) is 2.97. The fourth-order valence-corrected chi connectivity index (χ4v) is 3.61. The quantitative estimate of drug-likeness (QED) is 0.897. The predicted octanol–water partition coefficient (Wildman–Crippen LogP) is 2.12. The Morgan fingerprint density at radius 3 is 2.95 bits per heavy atom. The summed E-state index contributed by atoms with van der Waals surface area (Å²) in [6.45, 7) is 9.78. The maximum Gasteiger partial charge on any atom is 0.123 e. The normalized spacial score (nSPS) is 30.5. The molecular weight excluding hydrogens is 236 g/mol. The number of rotatable bonds is 4. The molecule has 3 heteroatoms. The molecule has 2 fully saturated rings. The summed E-state index contributed by atoms with van der Waals surface area (Å²) in [4.78, 5) is 2.62. The number of hydrogen-bond donors (Lipinski definition) is 1. The first kappa shape index (κ1) is 12.9. The first-order chi connectivity index (χ1) is 9.29. The molecule has 2 saturated heterocycles. The van der Waals surface area contributed by atoms with E-state index in [9.17, 15) is 0 Å². The van der Waals surface area contributed by atoms with Gasteiger partial charge in [0.15, 0.2) is 0 Å². The Balaban J connectivity index is 1.72. The summed E-state index contributed by atoms with van der Waals surface area (Å²) in [5, 5.41) is 3.52. The van der Waals surface area contributed by atoms with Crippen molar-refractivity contribution in [1.82, 2.24) is 10.2 Å². The molecular formula is C16H24N2O. The van der Waals surface area contributed by atoms with Gasteiger partial charge in [0.1, 0.15) is 5.75 Å². The smallest absolute Gasteiger partial charge is 0.123 e. The molecule has 3 nitrogen and oxygen atoms in total. The first-order valence-electron chi connectivity index (χ1n) is 7.45. The SMILES string of the molecule is CCOc1ccccc1CN1CC2CNCC2C1C. The van der Waals surface area contributed by atoms with Crippen LogP contribution in [0.3, 0.4) is 0 Å². The summed E-state index contributed by atoms with van der Waals surface area (Å²) >= 11 is 0. The lowest BCUT2D eigenvalue weighted by Crippen LogP contribution is -2.32. The highest BCUT2D eigenvalue weighted by molar-refractivity contribution is 5.33. The molecule has 0 bridgehead atoms. The zero-order valence-corrected chi connectivity index (χ0v) is 11.9. The number of ether oxygens (including phenoxy) is 1. The van der Waals surface area contributed by atoms with E-state index in [0.29, 0.717) is 6.04 Å². The number of likely N-dealkylation sites (tertiary alicyclic amines) is 1. The molecule has 0 aliphatic carbocycles. The summed E-state index contributed by atoms with van der Waals surface area (Å²) in [6, 6.07) is 9.13. The van der Waals surface area contributed by atoms with Crippen LogP contribution in [0.1, 0.15) is 19.4 Å². The van der Waals surface area contributed by atoms with Crippen LogP contribution in [0.25, 0.3) is 0 Å². The summed E-state index contributed by atoms with van der Waals surface area (Å²) < 4.78 is 5.74. The fraction of sp³-hybridized carbons (Fsp3) is 0.625. The highest BCUT2D eigenvalue weighted by Gasteiger charge is 2.41. The van der Waals surface area contributed by atoms with Crippen LogP contribution in [0.4, 0.5) is 0 Å². The van der Waals surface area contributed by atoms with Crippen LogP contribution in [0.15, 0.2) is 24.3 Å². The largest absolute Gasteiger partial charge is 0.494 e. The molecule has 104 valence electrons. The molecule has 0 amide bonds. The summed E-state index contributed by atoms with van der Waals surface area (Å²) in [5.41, 5.74) is 1.32. The Bertz CT molecular complexity index is 435. The Morgan fingerprint density at radius 2 is 2.16 bits per heavy atom. The lowest BCUT2D eigenvalue weighted by molar-refractivity contribution is 0.226. The third-order valence-electron chi connectivity index (χ3n) is 4.70. The number of benzene rings is 1. The van der Waals surface area contributed by atoms with Crippen molar-refractivity contribution in [3.8, 4) is 5.75 Å². The molecule has 19 heavy (non-hydrogen) atoms. The number of hydrogen-bond acceptors (Lipinski definition) is 3. The molecule has 0 radical (unpaired) electrons. The summed E-state index contributed by atoms with van der Waals surface area (Å²) in [7, 11) is 0. The van der Waals surface area contributed by atoms with E-state index in [4.69, 9.17) is 4.74 Å². The lowest BCUT2D eigenvalue weighted by atomic mass is 9.95. The number of nitrogens with zero attached hydrogens (tertiary/aromatic N) is 1. The second-order valence-corrected chi connectivity index (χ2v) is 5.79. The second kappa shape index (κ2) is 5.51. The van der Waals surface area contributed by atoms with E-state index < -0.39 is 0 Å². The van der Waals surface area contributed by atoms with E-state index in [1.165, 1.54) is 25.2 Å². The number of nitrogens with one attached hydrogen (secondary N) is 1. The monoisotopic (exact) mass is 260 g/mol. The van der Waals surface area contributed by atoms with Gasteiger partial charge in [-0.15, -0.1) is 0 Å². The molecule has 2 aliphatic rings. The van der Waals surface area contributed by atoms with Crippen LogP contribution < -0.4 is 10.1 Å². The van der Waals surface area contributed by atoms with Crippen LogP contribution in [-0.2, 0) is 6.54 Å². The molecule has 1 aromatic carbocycles. The predicted molar refractivity (Wildman–Crippen MR) is 77.3 cm³/mol. The standard InChI is InChI=1S/C16H24N2O/c1-3-19-16-7-5-4-6-13(16)10-18-11-14-8-17-9-15(14)12(18)2/h4-7,12,14-15,17H,3,8-11H2,1-2H3. The van der Waals surface area contributed by atoms with Crippen molar-refractivity contribution in [2.24, 2.45) is 11.8 Å². The van der Waals surface area contributed by atoms with E-state index in [-0.39, 0.29) is 0 Å². The van der Waals surface area contributed by atoms with Gasteiger partial charge in [-0.25, -0.2) is 0 Å². The van der Waals surface area contributed by atoms with Gasteiger partial charge in [-0.1, -0.05) is 18.2 Å². The molecule has 3 rings (SSSR count). The topological polar surface area (TPSA) is 24.5 Å². The summed E-state index contributed by atoms with van der Waals surface area (Å²) in [5.74, 6) is 2.72. The number of para-hydroxylation sites is 1. The van der Waals surface area contributed by atoms with Crippen molar-refractivity contribution in [3.05, 3.63) is 29.8 Å². The van der Waals surface area contributed by atoms with Crippen LogP contribution in [0, 0.1) is 11.8 Å². The van der Waals surface area contributed by atoms with Crippen molar-refractivity contribution in [2.45, 2.75) is 26.4 Å². The molecule has 3 atom stereocenters. The van der Waals surface area contributed by atoms with Gasteiger partial charge in [0.25, 0.3) is 0 Å². The van der Waals surface area contributed by atoms with E-state index in [1.54, 1.807) is 0 Å². The van der Waals surface area contributed by atoms with Gasteiger partial charge in [-0.2, -0.15) is 0 Å². The van der Waals surface area contributed by atoms with Crippen molar-refractivity contribution in [1.29, 1.82) is 0 Å². The maximum absolute atomic E-state index is 5.74. The molecule has 0 spiro atoms. The average molecular weight is 260 g/mol. The molecule has 3 unspecified atom stereocenters. The van der Waals surface area contributed by atoms with E-state index in [2.05, 4.69) is 41.4 Å². The van der Waals surface area contributed by atoms with Crippen molar-refractivity contribution in [2.75, 3.05) is 26.2 Å². The highest BCUT2D eigenvalue weighted by atomic mass is 16.5. The van der Waals surface area contributed by atoms with E-state index in [1.807, 2.05) is 6.92 Å². The Labute approximate surface area is 115 Å². The van der Waals surface area contributed by atoms with Gasteiger partial charge in [0, 0.05) is 24.7 Å². The Hall–Kier alpha value is -1.06. The van der Waals surface area contributed by atoms with Gasteiger partial charge < -0.3 is 10.1 Å². The van der Waals surface area contributed by atoms with Gasteiger partial charge >= 0.3 is 0 Å². The van der Waals surface area contributed by atoms with Crippen molar-refractivity contribution >= 4 is 0 Å². The third-order valence-corrected chi connectivity index (χ3v) is 4.70. The molecule has 2 heterocycles. The molecule has 1 aromatic rings. The molecule has 0 saturated carbocycles. The molecule has 1 N–H and O–H groups in total. The van der Waals surface area contributed by atoms with Gasteiger partial charge in [-0.3, -0.25) is 4.90 Å².